The van der Waals surface area contributed by atoms with Crippen LogP contribution in [0.25, 0.3) is 0 Å². The Hall–Kier alpha value is -1.76. The van der Waals surface area contributed by atoms with E-state index in [4.69, 9.17) is 0 Å². The molecule has 0 saturated carbocycles. The summed E-state index contributed by atoms with van der Waals surface area (Å²) in [6, 6.07) is 0. The molecule has 5 nitrogen and oxygen atoms in total. The standard InChI is InChI=1S/C38H65N3O2S/c1-5-7-9-10-11-12-13-14-15-16-17-18-19-20-22-30-41-31-27-34-36(32-41)44-35(26-25-33(42)24-21-8-6-2)37(34)38(43)39-28-23-29-40(3)4/h10-11,13-14H,5-9,12,15-32H2,1-4H3,(H,39,43)/b11-10-,14-13-. The first-order valence-electron chi connectivity index (χ1n) is 18.1. The molecule has 1 aliphatic heterocycles. The van der Waals surface area contributed by atoms with Gasteiger partial charge in [0.15, 0.2) is 0 Å². The van der Waals surface area contributed by atoms with Crippen LogP contribution in [-0.4, -0.2) is 61.8 Å². The van der Waals surface area contributed by atoms with E-state index in [1.165, 1.54) is 74.6 Å². The van der Waals surface area contributed by atoms with Crippen LogP contribution < -0.4 is 5.32 Å². The topological polar surface area (TPSA) is 52.7 Å². The van der Waals surface area contributed by atoms with E-state index in [2.05, 4.69) is 67.4 Å². The molecule has 0 spiro atoms. The predicted molar refractivity (Wildman–Crippen MR) is 191 cm³/mol. The first-order chi connectivity index (χ1) is 21.5. The number of rotatable bonds is 26. The molecule has 1 aromatic heterocycles. The van der Waals surface area contributed by atoms with E-state index in [9.17, 15) is 9.59 Å². The third-order valence-corrected chi connectivity index (χ3v) is 9.90. The van der Waals surface area contributed by atoms with Gasteiger partial charge in [-0.2, -0.15) is 0 Å². The molecule has 1 aliphatic rings. The second-order valence-corrected chi connectivity index (χ2v) is 14.2. The number of fused-ring (bicyclic) bond motifs is 1. The third-order valence-electron chi connectivity index (χ3n) is 8.62. The summed E-state index contributed by atoms with van der Waals surface area (Å²) in [4.78, 5) is 33.2. The average molecular weight is 628 g/mol. The highest BCUT2D eigenvalue weighted by molar-refractivity contribution is 7.12. The van der Waals surface area contributed by atoms with Crippen LogP contribution in [0.15, 0.2) is 24.3 Å². The molecule has 44 heavy (non-hydrogen) atoms. The number of hydrogen-bond donors (Lipinski definition) is 1. The van der Waals surface area contributed by atoms with Crippen LogP contribution in [0.3, 0.4) is 0 Å². The SMILES string of the molecule is CCCC/C=C\C/C=C\CCCCCCCCN1CCc2c(sc(CCC(=O)CCCCC)c2C(=O)NCCCN(C)C)C1. The van der Waals surface area contributed by atoms with Crippen LogP contribution in [0.5, 0.6) is 0 Å². The lowest BCUT2D eigenvalue weighted by Crippen LogP contribution is -2.32. The normalized spacial score (nSPS) is 13.8. The maximum atomic E-state index is 13.4. The smallest absolute Gasteiger partial charge is 0.252 e. The molecule has 2 rings (SSSR count). The van der Waals surface area contributed by atoms with Gasteiger partial charge in [0.1, 0.15) is 5.78 Å². The number of hydrogen-bond acceptors (Lipinski definition) is 5. The molecule has 6 heteroatoms. The van der Waals surface area contributed by atoms with Crippen molar-refractivity contribution < 1.29 is 9.59 Å². The van der Waals surface area contributed by atoms with E-state index >= 15 is 0 Å². The first-order valence-corrected chi connectivity index (χ1v) is 18.9. The fourth-order valence-electron chi connectivity index (χ4n) is 5.91. The van der Waals surface area contributed by atoms with Crippen LogP contribution in [0.1, 0.15) is 149 Å². The van der Waals surface area contributed by atoms with E-state index in [0.29, 0.717) is 31.6 Å². The molecular weight excluding hydrogens is 563 g/mol. The highest BCUT2D eigenvalue weighted by atomic mass is 32.1. The summed E-state index contributed by atoms with van der Waals surface area (Å²) >= 11 is 1.80. The van der Waals surface area contributed by atoms with Crippen LogP contribution in [-0.2, 0) is 24.2 Å². The van der Waals surface area contributed by atoms with Crippen molar-refractivity contribution >= 4 is 23.0 Å². The van der Waals surface area contributed by atoms with Gasteiger partial charge >= 0.3 is 0 Å². The fourth-order valence-corrected chi connectivity index (χ4v) is 7.31. The number of Topliss-reactive ketones (excluding diaryl/α,β-unsaturated/α-hetero) is 1. The van der Waals surface area contributed by atoms with E-state index in [1.54, 1.807) is 11.3 Å². The Kier molecular flexibility index (Phi) is 21.4. The van der Waals surface area contributed by atoms with Gasteiger partial charge in [-0.15, -0.1) is 11.3 Å². The molecule has 0 atom stereocenters. The van der Waals surface area contributed by atoms with Crippen molar-refractivity contribution in [3.05, 3.63) is 45.2 Å². The lowest BCUT2D eigenvalue weighted by Gasteiger charge is -2.27. The number of nitrogens with one attached hydrogen (secondary N) is 1. The van der Waals surface area contributed by atoms with Gasteiger partial charge in [-0.1, -0.05) is 89.5 Å². The molecule has 0 bridgehead atoms. The Morgan fingerprint density at radius 3 is 2.27 bits per heavy atom. The Balaban J connectivity index is 1.76. The molecule has 0 saturated heterocycles. The number of nitrogens with zero attached hydrogens (tertiary/aromatic N) is 2. The van der Waals surface area contributed by atoms with Gasteiger partial charge in [0.25, 0.3) is 5.91 Å². The summed E-state index contributed by atoms with van der Waals surface area (Å²) < 4.78 is 0. The maximum absolute atomic E-state index is 13.4. The summed E-state index contributed by atoms with van der Waals surface area (Å²) in [5, 5.41) is 3.19. The molecule has 0 aromatic carbocycles. The van der Waals surface area contributed by atoms with Gasteiger partial charge in [0, 0.05) is 42.2 Å². The largest absolute Gasteiger partial charge is 0.352 e. The second-order valence-electron chi connectivity index (χ2n) is 13.0. The zero-order chi connectivity index (χ0) is 31.8. The molecule has 0 aliphatic carbocycles. The lowest BCUT2D eigenvalue weighted by atomic mass is 9.98. The fraction of sp³-hybridized carbons (Fsp3) is 0.737. The minimum Gasteiger partial charge on any atom is -0.352 e. The Bertz CT molecular complexity index is 981. The summed E-state index contributed by atoms with van der Waals surface area (Å²) in [6.07, 6.45) is 30.3. The van der Waals surface area contributed by atoms with Gasteiger partial charge in [0.05, 0.1) is 5.56 Å². The number of ketones is 1. The van der Waals surface area contributed by atoms with Crippen LogP contribution >= 0.6 is 11.3 Å². The minimum atomic E-state index is 0.0675. The third kappa shape index (κ3) is 16.5. The van der Waals surface area contributed by atoms with Gasteiger partial charge in [-0.05, 0) is 90.5 Å². The summed E-state index contributed by atoms with van der Waals surface area (Å²) in [7, 11) is 4.13. The van der Waals surface area contributed by atoms with E-state index < -0.39 is 0 Å². The van der Waals surface area contributed by atoms with Gasteiger partial charge < -0.3 is 10.2 Å². The van der Waals surface area contributed by atoms with Crippen molar-refractivity contribution in [1.29, 1.82) is 0 Å². The lowest BCUT2D eigenvalue weighted by molar-refractivity contribution is -0.119. The summed E-state index contributed by atoms with van der Waals surface area (Å²) in [5.74, 6) is 0.406. The van der Waals surface area contributed by atoms with Crippen LogP contribution in [0.2, 0.25) is 0 Å². The van der Waals surface area contributed by atoms with Gasteiger partial charge in [-0.25, -0.2) is 0 Å². The molecule has 0 unspecified atom stereocenters. The average Bonchev–Trinajstić information content (AvgIpc) is 3.38. The molecule has 0 fully saturated rings. The summed E-state index contributed by atoms with van der Waals surface area (Å²) in [6.45, 7) is 9.19. The number of unbranched alkanes of at least 4 members (excludes halogenated alkanes) is 10. The zero-order valence-electron chi connectivity index (χ0n) is 28.9. The van der Waals surface area contributed by atoms with Crippen molar-refractivity contribution in [3.63, 3.8) is 0 Å². The van der Waals surface area contributed by atoms with E-state index in [1.807, 2.05) is 0 Å². The zero-order valence-corrected chi connectivity index (χ0v) is 29.7. The summed E-state index contributed by atoms with van der Waals surface area (Å²) in [5.41, 5.74) is 2.15. The number of aryl methyl sites for hydroxylation is 1. The number of allylic oxidation sites excluding steroid dienone is 4. The molecular formula is C38H65N3O2S. The second kappa shape index (κ2) is 24.5. The van der Waals surface area contributed by atoms with Gasteiger partial charge in [-0.3, -0.25) is 14.5 Å². The quantitative estimate of drug-likeness (QED) is 0.0822. The first kappa shape index (κ1) is 38.4. The highest BCUT2D eigenvalue weighted by Crippen LogP contribution is 2.34. The monoisotopic (exact) mass is 627 g/mol. The van der Waals surface area contributed by atoms with Crippen LogP contribution in [0.4, 0.5) is 0 Å². The molecule has 2 heterocycles. The van der Waals surface area contributed by atoms with E-state index in [-0.39, 0.29) is 5.91 Å². The molecule has 250 valence electrons. The van der Waals surface area contributed by atoms with E-state index in [0.717, 1.165) is 75.1 Å². The minimum absolute atomic E-state index is 0.0675. The number of carbonyl (C=O) groups excluding carboxylic acids is 2. The van der Waals surface area contributed by atoms with Crippen LogP contribution in [0, 0.1) is 0 Å². The highest BCUT2D eigenvalue weighted by Gasteiger charge is 2.27. The molecule has 1 amide bonds. The van der Waals surface area contributed by atoms with Crippen molar-refractivity contribution in [2.45, 2.75) is 142 Å². The Labute approximate surface area is 274 Å². The predicted octanol–water partition coefficient (Wildman–Crippen LogP) is 9.29. The molecule has 0 radical (unpaired) electrons. The van der Waals surface area contributed by atoms with Crippen molar-refractivity contribution in [3.8, 4) is 0 Å². The van der Waals surface area contributed by atoms with Crippen molar-refractivity contribution in [1.82, 2.24) is 15.1 Å². The number of amides is 1. The van der Waals surface area contributed by atoms with Crippen molar-refractivity contribution in [2.24, 2.45) is 0 Å². The maximum Gasteiger partial charge on any atom is 0.252 e. The molecule has 1 aromatic rings. The molecule has 1 N–H and O–H groups in total. The number of thiophene rings is 1. The van der Waals surface area contributed by atoms with Crippen molar-refractivity contribution in [2.75, 3.05) is 40.3 Å². The Morgan fingerprint density at radius 2 is 1.55 bits per heavy atom. The Morgan fingerprint density at radius 1 is 0.841 bits per heavy atom. The number of carbonyl (C=O) groups is 2. The van der Waals surface area contributed by atoms with Gasteiger partial charge in [0.2, 0.25) is 0 Å².